The van der Waals surface area contributed by atoms with Crippen LogP contribution in [0.3, 0.4) is 0 Å². The summed E-state index contributed by atoms with van der Waals surface area (Å²) in [6.45, 7) is 4.00. The van der Waals surface area contributed by atoms with Gasteiger partial charge < -0.3 is 0 Å². The highest BCUT2D eigenvalue weighted by Crippen LogP contribution is 2.16. The molecule has 0 radical (unpaired) electrons. The Morgan fingerprint density at radius 1 is 1.38 bits per heavy atom. The van der Waals surface area contributed by atoms with E-state index in [9.17, 15) is 9.00 Å². The summed E-state index contributed by atoms with van der Waals surface area (Å²) >= 11 is 3.32. The number of benzene rings is 1. The lowest BCUT2D eigenvalue weighted by atomic mass is 10.1. The van der Waals surface area contributed by atoms with Crippen molar-refractivity contribution in [1.29, 1.82) is 0 Å². The minimum absolute atomic E-state index is 0.0635. The summed E-state index contributed by atoms with van der Waals surface area (Å²) in [6, 6.07) is 7.23. The summed E-state index contributed by atoms with van der Waals surface area (Å²) in [7, 11) is -1.06. The van der Waals surface area contributed by atoms with Gasteiger partial charge in [0.05, 0.1) is 5.75 Å². The maximum atomic E-state index is 11.8. The molecule has 16 heavy (non-hydrogen) atoms. The third-order valence-corrected chi connectivity index (χ3v) is 4.30. The van der Waals surface area contributed by atoms with E-state index < -0.39 is 10.8 Å². The van der Waals surface area contributed by atoms with E-state index in [1.807, 2.05) is 32.0 Å². The van der Waals surface area contributed by atoms with Crippen molar-refractivity contribution in [3.63, 3.8) is 0 Å². The Morgan fingerprint density at radius 2 is 2.00 bits per heavy atom. The lowest BCUT2D eigenvalue weighted by Gasteiger charge is -2.05. The van der Waals surface area contributed by atoms with Crippen LogP contribution in [-0.4, -0.2) is 21.5 Å². The van der Waals surface area contributed by atoms with Gasteiger partial charge in [0.25, 0.3) is 0 Å². The summed E-state index contributed by atoms with van der Waals surface area (Å²) in [6.07, 6.45) is 0. The van der Waals surface area contributed by atoms with Gasteiger partial charge in [-0.15, -0.1) is 0 Å². The van der Waals surface area contributed by atoms with Crippen molar-refractivity contribution >= 4 is 32.5 Å². The standard InChI is InChI=1S/C12H15BrO2S/c1-9(2)7-16(15)8-12(14)10-5-3-4-6-11(10)13/h3-6,9H,7-8H2,1-2H3. The summed E-state index contributed by atoms with van der Waals surface area (Å²) in [5, 5.41) is 0. The van der Waals surface area contributed by atoms with E-state index in [0.29, 0.717) is 17.2 Å². The van der Waals surface area contributed by atoms with Gasteiger partial charge in [0.15, 0.2) is 5.78 Å². The van der Waals surface area contributed by atoms with E-state index in [2.05, 4.69) is 15.9 Å². The summed E-state index contributed by atoms with van der Waals surface area (Å²) in [4.78, 5) is 11.8. The van der Waals surface area contributed by atoms with Crippen LogP contribution in [0.25, 0.3) is 0 Å². The third kappa shape index (κ3) is 4.18. The molecule has 0 amide bonds. The molecular weight excluding hydrogens is 288 g/mol. The number of carbonyl (C=O) groups is 1. The highest BCUT2D eigenvalue weighted by atomic mass is 79.9. The number of rotatable bonds is 5. The summed E-state index contributed by atoms with van der Waals surface area (Å²) in [5.41, 5.74) is 0.611. The average Bonchev–Trinajstić information content (AvgIpc) is 2.16. The van der Waals surface area contributed by atoms with Crippen molar-refractivity contribution in [1.82, 2.24) is 0 Å². The molecule has 1 unspecified atom stereocenters. The normalized spacial score (nSPS) is 12.8. The van der Waals surface area contributed by atoms with Gasteiger partial charge in [-0.2, -0.15) is 0 Å². The SMILES string of the molecule is CC(C)CS(=O)CC(=O)c1ccccc1Br. The van der Waals surface area contributed by atoms with Crippen LogP contribution >= 0.6 is 15.9 Å². The molecule has 0 bridgehead atoms. The zero-order valence-electron chi connectivity index (χ0n) is 9.40. The maximum Gasteiger partial charge on any atom is 0.176 e. The molecule has 0 saturated carbocycles. The predicted octanol–water partition coefficient (Wildman–Crippen LogP) is 3.04. The first kappa shape index (κ1) is 13.6. The highest BCUT2D eigenvalue weighted by Gasteiger charge is 2.13. The largest absolute Gasteiger partial charge is 0.293 e. The lowest BCUT2D eigenvalue weighted by Crippen LogP contribution is -2.16. The Bertz CT molecular complexity index is 402. The first-order valence-corrected chi connectivity index (χ1v) is 7.41. The molecule has 1 aromatic rings. The number of ketones is 1. The lowest BCUT2D eigenvalue weighted by molar-refractivity contribution is 0.102. The molecule has 0 aliphatic heterocycles. The van der Waals surface area contributed by atoms with Gasteiger partial charge in [0.2, 0.25) is 0 Å². The Labute approximate surface area is 107 Å². The van der Waals surface area contributed by atoms with Crippen molar-refractivity contribution in [3.8, 4) is 0 Å². The molecule has 2 nitrogen and oxygen atoms in total. The molecule has 0 heterocycles. The minimum atomic E-state index is -1.06. The molecule has 0 aliphatic carbocycles. The molecule has 0 fully saturated rings. The molecule has 1 aromatic carbocycles. The van der Waals surface area contributed by atoms with E-state index in [-0.39, 0.29) is 11.5 Å². The Balaban J connectivity index is 2.66. The monoisotopic (exact) mass is 302 g/mol. The van der Waals surface area contributed by atoms with Crippen LogP contribution in [0.15, 0.2) is 28.7 Å². The van der Waals surface area contributed by atoms with Crippen molar-refractivity contribution in [3.05, 3.63) is 34.3 Å². The second-order valence-corrected chi connectivity index (χ2v) is 6.40. The van der Waals surface area contributed by atoms with Gasteiger partial charge in [-0.1, -0.05) is 48.0 Å². The zero-order chi connectivity index (χ0) is 12.1. The van der Waals surface area contributed by atoms with Crippen molar-refractivity contribution in [2.45, 2.75) is 13.8 Å². The number of Topliss-reactive ketones (excluding diaryl/α,β-unsaturated/α-hetero) is 1. The van der Waals surface area contributed by atoms with Crippen LogP contribution in [0.5, 0.6) is 0 Å². The Morgan fingerprint density at radius 3 is 2.56 bits per heavy atom. The van der Waals surface area contributed by atoms with Crippen LogP contribution < -0.4 is 0 Å². The van der Waals surface area contributed by atoms with E-state index in [4.69, 9.17) is 0 Å². The number of hydrogen-bond donors (Lipinski definition) is 0. The van der Waals surface area contributed by atoms with Crippen molar-refractivity contribution < 1.29 is 9.00 Å². The molecule has 4 heteroatoms. The van der Waals surface area contributed by atoms with Crippen molar-refractivity contribution in [2.24, 2.45) is 5.92 Å². The fraction of sp³-hybridized carbons (Fsp3) is 0.417. The molecule has 0 saturated heterocycles. The van der Waals surface area contributed by atoms with Gasteiger partial charge in [0, 0.05) is 26.6 Å². The zero-order valence-corrected chi connectivity index (χ0v) is 11.8. The van der Waals surface area contributed by atoms with Gasteiger partial charge in [-0.3, -0.25) is 9.00 Å². The average molecular weight is 303 g/mol. The van der Waals surface area contributed by atoms with Crippen LogP contribution in [0.4, 0.5) is 0 Å². The fourth-order valence-corrected chi connectivity index (χ4v) is 3.16. The first-order valence-electron chi connectivity index (χ1n) is 5.13. The smallest absolute Gasteiger partial charge is 0.176 e. The molecular formula is C12H15BrO2S. The van der Waals surface area contributed by atoms with E-state index >= 15 is 0 Å². The number of carbonyl (C=O) groups excluding carboxylic acids is 1. The van der Waals surface area contributed by atoms with E-state index in [0.717, 1.165) is 4.47 Å². The van der Waals surface area contributed by atoms with Gasteiger partial charge in [0.1, 0.15) is 0 Å². The second-order valence-electron chi connectivity index (χ2n) is 4.05. The molecule has 88 valence electrons. The number of halogens is 1. The second kappa shape index (κ2) is 6.30. The molecule has 0 N–H and O–H groups in total. The first-order chi connectivity index (χ1) is 7.50. The molecule has 0 aliphatic rings. The van der Waals surface area contributed by atoms with Crippen LogP contribution in [0, 0.1) is 5.92 Å². The van der Waals surface area contributed by atoms with E-state index in [1.54, 1.807) is 6.07 Å². The molecule has 0 spiro atoms. The van der Waals surface area contributed by atoms with Crippen LogP contribution in [-0.2, 0) is 10.8 Å². The highest BCUT2D eigenvalue weighted by molar-refractivity contribution is 9.10. The molecule has 1 atom stereocenters. The van der Waals surface area contributed by atoms with Crippen LogP contribution in [0.2, 0.25) is 0 Å². The Hall–Kier alpha value is -0.480. The maximum absolute atomic E-state index is 11.8. The van der Waals surface area contributed by atoms with Gasteiger partial charge >= 0.3 is 0 Å². The summed E-state index contributed by atoms with van der Waals surface area (Å²) in [5.74, 6) is 0.982. The topological polar surface area (TPSA) is 34.1 Å². The summed E-state index contributed by atoms with van der Waals surface area (Å²) < 4.78 is 12.4. The Kier molecular flexibility index (Phi) is 5.35. The van der Waals surface area contributed by atoms with Crippen LogP contribution in [0.1, 0.15) is 24.2 Å². The number of hydrogen-bond acceptors (Lipinski definition) is 2. The fourth-order valence-electron chi connectivity index (χ4n) is 1.34. The molecule has 0 aromatic heterocycles. The van der Waals surface area contributed by atoms with Gasteiger partial charge in [-0.25, -0.2) is 0 Å². The quantitative estimate of drug-likeness (QED) is 0.784. The van der Waals surface area contributed by atoms with Gasteiger partial charge in [-0.05, 0) is 12.0 Å². The predicted molar refractivity (Wildman–Crippen MR) is 71.2 cm³/mol. The van der Waals surface area contributed by atoms with E-state index in [1.165, 1.54) is 0 Å². The van der Waals surface area contributed by atoms with Crippen molar-refractivity contribution in [2.75, 3.05) is 11.5 Å². The third-order valence-electron chi connectivity index (χ3n) is 1.99. The minimum Gasteiger partial charge on any atom is -0.293 e. The molecule has 1 rings (SSSR count).